The van der Waals surface area contributed by atoms with Gasteiger partial charge in [-0.05, 0) is 42.5 Å². The van der Waals surface area contributed by atoms with Crippen molar-refractivity contribution in [2.24, 2.45) is 0 Å². The zero-order valence-corrected chi connectivity index (χ0v) is 12.7. The van der Waals surface area contributed by atoms with Crippen LogP contribution in [0.2, 0.25) is 5.02 Å². The van der Waals surface area contributed by atoms with Crippen molar-refractivity contribution in [3.05, 3.63) is 53.6 Å². The van der Waals surface area contributed by atoms with E-state index in [2.05, 4.69) is 10.6 Å². The van der Waals surface area contributed by atoms with Crippen LogP contribution in [0.15, 0.2) is 48.5 Å². The average molecular weight is 319 g/mol. The van der Waals surface area contributed by atoms with E-state index >= 15 is 0 Å². The third-order valence-electron chi connectivity index (χ3n) is 2.66. The normalized spacial score (nSPS) is 9.91. The van der Waals surface area contributed by atoms with Gasteiger partial charge in [0.25, 0.3) is 5.91 Å². The highest BCUT2D eigenvalue weighted by atomic mass is 35.5. The third kappa shape index (κ3) is 5.10. The summed E-state index contributed by atoms with van der Waals surface area (Å²) in [6, 6.07) is 13.6. The Bertz CT molecular complexity index is 671. The molecule has 0 radical (unpaired) electrons. The molecule has 0 heterocycles. The number of amides is 2. The Morgan fingerprint density at radius 2 is 1.68 bits per heavy atom. The second-order valence-electron chi connectivity index (χ2n) is 4.55. The van der Waals surface area contributed by atoms with Gasteiger partial charge in [0.2, 0.25) is 5.91 Å². The van der Waals surface area contributed by atoms with Crippen molar-refractivity contribution in [2.75, 3.05) is 17.2 Å². The summed E-state index contributed by atoms with van der Waals surface area (Å²) >= 11 is 5.83. The second kappa shape index (κ2) is 7.47. The third-order valence-corrected chi connectivity index (χ3v) is 2.89. The number of carbonyl (C=O) groups excluding carboxylic acids is 2. The Morgan fingerprint density at radius 1 is 1.05 bits per heavy atom. The van der Waals surface area contributed by atoms with Crippen molar-refractivity contribution in [1.82, 2.24) is 0 Å². The van der Waals surface area contributed by atoms with Gasteiger partial charge in [-0.15, -0.1) is 0 Å². The summed E-state index contributed by atoms with van der Waals surface area (Å²) in [5.74, 6) is 0.0996. The molecule has 0 fully saturated rings. The number of hydrogen-bond acceptors (Lipinski definition) is 3. The molecule has 114 valence electrons. The molecule has 0 saturated carbocycles. The van der Waals surface area contributed by atoms with Gasteiger partial charge in [-0.2, -0.15) is 0 Å². The smallest absolute Gasteiger partial charge is 0.262 e. The van der Waals surface area contributed by atoms with Crippen molar-refractivity contribution in [3.8, 4) is 5.75 Å². The number of benzene rings is 2. The number of halogens is 1. The van der Waals surface area contributed by atoms with E-state index in [0.29, 0.717) is 22.1 Å². The summed E-state index contributed by atoms with van der Waals surface area (Å²) in [4.78, 5) is 22.7. The van der Waals surface area contributed by atoms with E-state index in [0.717, 1.165) is 0 Å². The van der Waals surface area contributed by atoms with Gasteiger partial charge in [-0.25, -0.2) is 0 Å². The maximum Gasteiger partial charge on any atom is 0.262 e. The van der Waals surface area contributed by atoms with Gasteiger partial charge in [0.05, 0.1) is 0 Å². The molecule has 2 aromatic rings. The van der Waals surface area contributed by atoms with E-state index in [-0.39, 0.29) is 18.4 Å². The predicted molar refractivity (Wildman–Crippen MR) is 86.3 cm³/mol. The number of hydrogen-bond donors (Lipinski definition) is 2. The lowest BCUT2D eigenvalue weighted by Crippen LogP contribution is -2.20. The van der Waals surface area contributed by atoms with Gasteiger partial charge in [0.1, 0.15) is 5.75 Å². The maximum absolute atomic E-state index is 11.8. The molecular weight excluding hydrogens is 304 g/mol. The molecule has 2 amide bonds. The maximum atomic E-state index is 11.8. The Kier molecular flexibility index (Phi) is 5.38. The average Bonchev–Trinajstić information content (AvgIpc) is 2.47. The Morgan fingerprint density at radius 3 is 2.27 bits per heavy atom. The van der Waals surface area contributed by atoms with Crippen molar-refractivity contribution < 1.29 is 14.3 Å². The van der Waals surface area contributed by atoms with Crippen LogP contribution in [0, 0.1) is 0 Å². The van der Waals surface area contributed by atoms with Crippen LogP contribution in [0.4, 0.5) is 11.4 Å². The van der Waals surface area contributed by atoms with Crippen LogP contribution in [-0.4, -0.2) is 18.4 Å². The Hall–Kier alpha value is -2.53. The van der Waals surface area contributed by atoms with Gasteiger partial charge < -0.3 is 15.4 Å². The van der Waals surface area contributed by atoms with E-state index in [1.807, 2.05) is 0 Å². The van der Waals surface area contributed by atoms with Crippen LogP contribution >= 0.6 is 11.6 Å². The molecule has 0 unspecified atom stereocenters. The van der Waals surface area contributed by atoms with E-state index in [9.17, 15) is 9.59 Å². The summed E-state index contributed by atoms with van der Waals surface area (Å²) in [6.45, 7) is 1.32. The number of nitrogens with one attached hydrogen (secondary N) is 2. The van der Waals surface area contributed by atoms with Crippen molar-refractivity contribution in [2.45, 2.75) is 6.92 Å². The van der Waals surface area contributed by atoms with E-state index in [1.165, 1.54) is 6.92 Å². The zero-order chi connectivity index (χ0) is 15.9. The standard InChI is InChI=1S/C16H15ClN2O3/c1-11(20)18-13-5-7-14(8-6-13)19-16(21)10-22-15-4-2-3-12(17)9-15/h2-9H,10H2,1H3,(H,18,20)(H,19,21). The summed E-state index contributed by atoms with van der Waals surface area (Å²) in [5, 5.41) is 5.89. The van der Waals surface area contributed by atoms with Crippen LogP contribution in [0.1, 0.15) is 6.92 Å². The highest BCUT2D eigenvalue weighted by Crippen LogP contribution is 2.17. The van der Waals surface area contributed by atoms with Crippen LogP contribution in [0.3, 0.4) is 0 Å². The molecule has 6 heteroatoms. The fourth-order valence-electron chi connectivity index (χ4n) is 1.74. The minimum Gasteiger partial charge on any atom is -0.484 e. The molecule has 22 heavy (non-hydrogen) atoms. The van der Waals surface area contributed by atoms with E-state index in [1.54, 1.807) is 48.5 Å². The van der Waals surface area contributed by atoms with Crippen LogP contribution in [0.5, 0.6) is 5.75 Å². The predicted octanol–water partition coefficient (Wildman–Crippen LogP) is 3.32. The molecule has 5 nitrogen and oxygen atoms in total. The van der Waals surface area contributed by atoms with Crippen molar-refractivity contribution >= 4 is 34.8 Å². The highest BCUT2D eigenvalue weighted by Gasteiger charge is 2.04. The number of rotatable bonds is 5. The monoisotopic (exact) mass is 318 g/mol. The molecule has 0 atom stereocenters. The number of carbonyl (C=O) groups is 2. The second-order valence-corrected chi connectivity index (χ2v) is 4.99. The molecule has 0 bridgehead atoms. The van der Waals surface area contributed by atoms with Gasteiger partial charge in [-0.3, -0.25) is 9.59 Å². The first-order valence-corrected chi connectivity index (χ1v) is 6.96. The molecule has 0 aliphatic carbocycles. The van der Waals surface area contributed by atoms with Gasteiger partial charge in [0.15, 0.2) is 6.61 Å². The summed E-state index contributed by atoms with van der Waals surface area (Å²) in [7, 11) is 0. The summed E-state index contributed by atoms with van der Waals surface area (Å²) < 4.78 is 5.34. The van der Waals surface area contributed by atoms with E-state index in [4.69, 9.17) is 16.3 Å². The number of ether oxygens (including phenoxy) is 1. The van der Waals surface area contributed by atoms with Gasteiger partial charge in [0, 0.05) is 23.3 Å². The zero-order valence-electron chi connectivity index (χ0n) is 11.9. The lowest BCUT2D eigenvalue weighted by Gasteiger charge is -2.08. The van der Waals surface area contributed by atoms with Crippen LogP contribution < -0.4 is 15.4 Å². The van der Waals surface area contributed by atoms with E-state index < -0.39 is 0 Å². The molecule has 2 aromatic carbocycles. The van der Waals surface area contributed by atoms with Crippen molar-refractivity contribution in [3.63, 3.8) is 0 Å². The van der Waals surface area contributed by atoms with Gasteiger partial charge in [-0.1, -0.05) is 17.7 Å². The molecule has 2 N–H and O–H groups in total. The molecular formula is C16H15ClN2O3. The minimum absolute atomic E-state index is 0.117. The summed E-state index contributed by atoms with van der Waals surface area (Å²) in [6.07, 6.45) is 0. The number of anilines is 2. The molecule has 0 spiro atoms. The van der Waals surface area contributed by atoms with Crippen LogP contribution in [0.25, 0.3) is 0 Å². The first-order valence-electron chi connectivity index (χ1n) is 6.59. The van der Waals surface area contributed by atoms with Crippen LogP contribution in [-0.2, 0) is 9.59 Å². The Balaban J connectivity index is 1.85. The SMILES string of the molecule is CC(=O)Nc1ccc(NC(=O)COc2cccc(Cl)c2)cc1. The molecule has 0 aromatic heterocycles. The lowest BCUT2D eigenvalue weighted by atomic mass is 10.2. The molecule has 0 saturated heterocycles. The Labute approximate surface area is 133 Å². The summed E-state index contributed by atoms with van der Waals surface area (Å²) in [5.41, 5.74) is 1.29. The quantitative estimate of drug-likeness (QED) is 0.888. The highest BCUT2D eigenvalue weighted by molar-refractivity contribution is 6.30. The first kappa shape index (κ1) is 15.9. The fraction of sp³-hybridized carbons (Fsp3) is 0.125. The molecule has 0 aliphatic heterocycles. The van der Waals surface area contributed by atoms with Crippen molar-refractivity contribution in [1.29, 1.82) is 0 Å². The fourth-order valence-corrected chi connectivity index (χ4v) is 1.92. The van der Waals surface area contributed by atoms with Gasteiger partial charge >= 0.3 is 0 Å². The topological polar surface area (TPSA) is 67.4 Å². The largest absolute Gasteiger partial charge is 0.484 e. The molecule has 0 aliphatic rings. The first-order chi connectivity index (χ1) is 10.5. The lowest BCUT2D eigenvalue weighted by molar-refractivity contribution is -0.118. The minimum atomic E-state index is -0.285. The molecule has 2 rings (SSSR count).